The van der Waals surface area contributed by atoms with Gasteiger partial charge in [-0.2, -0.15) is 5.10 Å². The Hall–Kier alpha value is -3.27. The van der Waals surface area contributed by atoms with Gasteiger partial charge in [-0.25, -0.2) is 9.50 Å². The predicted molar refractivity (Wildman–Crippen MR) is 110 cm³/mol. The normalized spacial score (nSPS) is 16.4. The highest BCUT2D eigenvalue weighted by atomic mass is 16.1. The van der Waals surface area contributed by atoms with E-state index >= 15 is 0 Å². The van der Waals surface area contributed by atoms with E-state index in [9.17, 15) is 4.79 Å². The third-order valence-corrected chi connectivity index (χ3v) is 5.65. The van der Waals surface area contributed by atoms with Crippen LogP contribution in [0.5, 0.6) is 0 Å². The number of Topliss-reactive ketones (excluding diaryl/α,β-unsaturated/α-hetero) is 1. The zero-order valence-corrected chi connectivity index (χ0v) is 16.0. The van der Waals surface area contributed by atoms with Crippen LogP contribution in [0, 0.1) is 13.8 Å². The second-order valence-corrected chi connectivity index (χ2v) is 7.63. The third-order valence-electron chi connectivity index (χ3n) is 5.65. The summed E-state index contributed by atoms with van der Waals surface area (Å²) >= 11 is 0. The molecule has 0 saturated carbocycles. The van der Waals surface area contributed by atoms with Crippen molar-refractivity contribution in [3.05, 3.63) is 88.9 Å². The molecule has 0 amide bonds. The Bertz CT molecular complexity index is 1190. The van der Waals surface area contributed by atoms with Crippen LogP contribution in [0.3, 0.4) is 0 Å². The van der Waals surface area contributed by atoms with Crippen molar-refractivity contribution in [2.45, 2.75) is 32.6 Å². The number of hydrogen-bond donors (Lipinski definition) is 0. The molecule has 0 spiro atoms. The van der Waals surface area contributed by atoms with Crippen LogP contribution in [0.15, 0.2) is 60.8 Å². The van der Waals surface area contributed by atoms with Gasteiger partial charge in [-0.15, -0.1) is 0 Å². The van der Waals surface area contributed by atoms with Gasteiger partial charge in [0.25, 0.3) is 0 Å². The molecule has 138 valence electrons. The highest BCUT2D eigenvalue weighted by Gasteiger charge is 2.29. The van der Waals surface area contributed by atoms with Gasteiger partial charge in [-0.1, -0.05) is 60.2 Å². The minimum absolute atomic E-state index is 0.149. The zero-order valence-electron chi connectivity index (χ0n) is 16.0. The zero-order chi connectivity index (χ0) is 19.3. The number of rotatable bonds is 2. The second-order valence-electron chi connectivity index (χ2n) is 7.63. The molecule has 28 heavy (non-hydrogen) atoms. The molecule has 0 N–H and O–H groups in total. The Morgan fingerprint density at radius 3 is 2.46 bits per heavy atom. The van der Waals surface area contributed by atoms with Crippen LogP contribution in [-0.2, 0) is 6.42 Å². The molecule has 0 bridgehead atoms. The maximum atomic E-state index is 12.9. The molecule has 0 saturated heterocycles. The highest BCUT2D eigenvalue weighted by Crippen LogP contribution is 2.34. The Kier molecular flexibility index (Phi) is 3.86. The maximum absolute atomic E-state index is 12.9. The highest BCUT2D eigenvalue weighted by molar-refractivity contribution is 5.99. The van der Waals surface area contributed by atoms with Gasteiger partial charge in [0.2, 0.25) is 0 Å². The van der Waals surface area contributed by atoms with E-state index in [1.807, 2.05) is 31.3 Å². The van der Waals surface area contributed by atoms with Crippen LogP contribution >= 0.6 is 0 Å². The summed E-state index contributed by atoms with van der Waals surface area (Å²) < 4.78 is 1.76. The molecule has 1 unspecified atom stereocenters. The van der Waals surface area contributed by atoms with E-state index in [0.717, 1.165) is 34.6 Å². The molecule has 0 radical (unpaired) electrons. The third kappa shape index (κ3) is 2.73. The first-order chi connectivity index (χ1) is 13.6. The summed E-state index contributed by atoms with van der Waals surface area (Å²) in [7, 11) is 0. The van der Waals surface area contributed by atoms with Gasteiger partial charge in [0.1, 0.15) is 0 Å². The molecule has 1 atom stereocenters. The second kappa shape index (κ2) is 6.41. The van der Waals surface area contributed by atoms with Gasteiger partial charge in [-0.3, -0.25) is 4.79 Å². The predicted octanol–water partition coefficient (Wildman–Crippen LogP) is 4.93. The lowest BCUT2D eigenvalue weighted by Gasteiger charge is -2.23. The molecule has 2 heterocycles. The standard InChI is InChI=1S/C24H21N3O/c1-15-8-10-17(11-9-15)19-12-21-20(22(28)13-19)14-27-24(25-21)23(16(2)26-27)18-6-4-3-5-7-18/h3-11,14,19H,12-13H2,1-2H3. The molecule has 4 nitrogen and oxygen atoms in total. The van der Waals surface area contributed by atoms with Crippen molar-refractivity contribution in [3.63, 3.8) is 0 Å². The number of aromatic nitrogens is 3. The Morgan fingerprint density at radius 1 is 0.964 bits per heavy atom. The van der Waals surface area contributed by atoms with Crippen molar-refractivity contribution >= 4 is 11.4 Å². The fourth-order valence-corrected chi connectivity index (χ4v) is 4.16. The van der Waals surface area contributed by atoms with Crippen LogP contribution < -0.4 is 0 Å². The summed E-state index contributed by atoms with van der Waals surface area (Å²) in [6.07, 6.45) is 3.17. The van der Waals surface area contributed by atoms with Gasteiger partial charge in [0, 0.05) is 18.2 Å². The van der Waals surface area contributed by atoms with Gasteiger partial charge >= 0.3 is 0 Å². The molecule has 4 aromatic rings. The van der Waals surface area contributed by atoms with Crippen molar-refractivity contribution in [3.8, 4) is 11.1 Å². The monoisotopic (exact) mass is 367 g/mol. The van der Waals surface area contributed by atoms with Gasteiger partial charge in [0.15, 0.2) is 11.4 Å². The lowest BCUT2D eigenvalue weighted by atomic mass is 9.82. The van der Waals surface area contributed by atoms with E-state index in [2.05, 4.69) is 48.4 Å². The molecule has 1 aliphatic carbocycles. The quantitative estimate of drug-likeness (QED) is 0.505. The van der Waals surface area contributed by atoms with Crippen LogP contribution in [0.25, 0.3) is 16.8 Å². The van der Waals surface area contributed by atoms with Gasteiger partial charge < -0.3 is 0 Å². The van der Waals surface area contributed by atoms with E-state index in [1.165, 1.54) is 11.1 Å². The summed E-state index contributed by atoms with van der Waals surface area (Å²) in [6, 6.07) is 18.7. The minimum atomic E-state index is 0.149. The first-order valence-electron chi connectivity index (χ1n) is 9.64. The SMILES string of the molecule is Cc1ccc(C2CC(=O)c3cn4nc(C)c(-c5ccccc5)c4nc3C2)cc1. The topological polar surface area (TPSA) is 47.3 Å². The molecular weight excluding hydrogens is 346 g/mol. The number of fused-ring (bicyclic) bond motifs is 2. The summed E-state index contributed by atoms with van der Waals surface area (Å²) in [5.74, 6) is 0.329. The van der Waals surface area contributed by atoms with Crippen LogP contribution in [0.1, 0.15) is 45.2 Å². The molecule has 4 heteroatoms. The van der Waals surface area contributed by atoms with E-state index in [1.54, 1.807) is 4.52 Å². The molecule has 5 rings (SSSR count). The number of ketones is 1. The summed E-state index contributed by atoms with van der Waals surface area (Å²) in [4.78, 5) is 17.8. The minimum Gasteiger partial charge on any atom is -0.294 e. The summed E-state index contributed by atoms with van der Waals surface area (Å²) in [5.41, 5.74) is 7.90. The fourth-order valence-electron chi connectivity index (χ4n) is 4.16. The molecule has 2 aromatic carbocycles. The van der Waals surface area contributed by atoms with Crippen molar-refractivity contribution in [2.24, 2.45) is 0 Å². The number of carbonyl (C=O) groups is 1. The van der Waals surface area contributed by atoms with Crippen molar-refractivity contribution in [1.82, 2.24) is 14.6 Å². The van der Waals surface area contributed by atoms with Crippen LogP contribution in [-0.4, -0.2) is 20.4 Å². The molecular formula is C24H21N3O. The lowest BCUT2D eigenvalue weighted by molar-refractivity contribution is 0.0962. The molecule has 0 fully saturated rings. The fraction of sp³-hybridized carbons (Fsp3) is 0.208. The summed E-state index contributed by atoms with van der Waals surface area (Å²) in [5, 5.41) is 4.62. The first-order valence-corrected chi connectivity index (χ1v) is 9.64. The smallest absolute Gasteiger partial charge is 0.166 e. The average Bonchev–Trinajstić information content (AvgIpc) is 3.02. The van der Waals surface area contributed by atoms with Crippen LogP contribution in [0.2, 0.25) is 0 Å². The molecule has 1 aliphatic rings. The maximum Gasteiger partial charge on any atom is 0.166 e. The number of aryl methyl sites for hydroxylation is 2. The summed E-state index contributed by atoms with van der Waals surface area (Å²) in [6.45, 7) is 4.07. The van der Waals surface area contributed by atoms with Crippen LogP contribution in [0.4, 0.5) is 0 Å². The Morgan fingerprint density at radius 2 is 1.71 bits per heavy atom. The molecule has 0 aliphatic heterocycles. The lowest BCUT2D eigenvalue weighted by Crippen LogP contribution is -2.21. The number of hydrogen-bond acceptors (Lipinski definition) is 3. The van der Waals surface area contributed by atoms with E-state index in [0.29, 0.717) is 12.0 Å². The average molecular weight is 367 g/mol. The first kappa shape index (κ1) is 16.9. The van der Waals surface area contributed by atoms with Crippen molar-refractivity contribution in [2.75, 3.05) is 0 Å². The van der Waals surface area contributed by atoms with Crippen molar-refractivity contribution < 1.29 is 4.79 Å². The number of benzene rings is 2. The Balaban J connectivity index is 1.63. The molecule has 2 aromatic heterocycles. The van der Waals surface area contributed by atoms with E-state index in [4.69, 9.17) is 4.98 Å². The largest absolute Gasteiger partial charge is 0.294 e. The number of nitrogens with zero attached hydrogens (tertiary/aromatic N) is 3. The van der Waals surface area contributed by atoms with E-state index in [-0.39, 0.29) is 11.7 Å². The number of carbonyl (C=O) groups excluding carboxylic acids is 1. The van der Waals surface area contributed by atoms with Crippen molar-refractivity contribution in [1.29, 1.82) is 0 Å². The van der Waals surface area contributed by atoms with Gasteiger partial charge in [0.05, 0.1) is 17.0 Å². The van der Waals surface area contributed by atoms with E-state index < -0.39 is 0 Å². The van der Waals surface area contributed by atoms with Gasteiger partial charge in [-0.05, 0) is 37.3 Å². The Labute approximate surface area is 163 Å².